The molecule has 3 aromatic rings. The Bertz CT molecular complexity index is 1070. The van der Waals surface area contributed by atoms with Crippen molar-refractivity contribution in [2.24, 2.45) is 4.99 Å². The first-order chi connectivity index (χ1) is 14.5. The number of anilines is 1. The van der Waals surface area contributed by atoms with Gasteiger partial charge in [0, 0.05) is 34.4 Å². The Morgan fingerprint density at radius 2 is 1.77 bits per heavy atom. The van der Waals surface area contributed by atoms with E-state index in [9.17, 15) is 0 Å². The summed E-state index contributed by atoms with van der Waals surface area (Å²) < 4.78 is 5.28. The Kier molecular flexibility index (Phi) is 6.52. The molecule has 3 nitrogen and oxygen atoms in total. The van der Waals surface area contributed by atoms with E-state index in [-0.39, 0.29) is 6.04 Å². The van der Waals surface area contributed by atoms with Crippen LogP contribution in [0.4, 0.5) is 5.69 Å². The zero-order valence-corrected chi connectivity index (χ0v) is 18.8. The first kappa shape index (κ1) is 21.0. The molecule has 0 radical (unpaired) electrons. The number of rotatable bonds is 5. The molecule has 1 aliphatic heterocycles. The fourth-order valence-electron chi connectivity index (χ4n) is 3.70. The van der Waals surface area contributed by atoms with Crippen molar-refractivity contribution in [1.82, 2.24) is 0 Å². The number of nitrogens with zero attached hydrogens (tertiary/aromatic N) is 2. The summed E-state index contributed by atoms with van der Waals surface area (Å²) in [5, 5.41) is 1.85. The van der Waals surface area contributed by atoms with Crippen LogP contribution in [0.5, 0.6) is 5.75 Å². The van der Waals surface area contributed by atoms with Crippen LogP contribution in [0.3, 0.4) is 0 Å². The van der Waals surface area contributed by atoms with Gasteiger partial charge in [0.25, 0.3) is 0 Å². The van der Waals surface area contributed by atoms with Gasteiger partial charge in [-0.25, -0.2) is 0 Å². The first-order valence-corrected chi connectivity index (χ1v) is 10.8. The molecule has 0 N–H and O–H groups in total. The minimum absolute atomic E-state index is 0.0400. The maximum Gasteiger partial charge on any atom is 0.133 e. The number of benzene rings is 3. The van der Waals surface area contributed by atoms with E-state index < -0.39 is 0 Å². The summed E-state index contributed by atoms with van der Waals surface area (Å²) in [6.45, 7) is 1.43. The third-order valence-corrected chi connectivity index (χ3v) is 6.10. The van der Waals surface area contributed by atoms with Crippen LogP contribution < -0.4 is 9.64 Å². The summed E-state index contributed by atoms with van der Waals surface area (Å²) in [6.07, 6.45) is 0.705. The molecule has 0 saturated carbocycles. The maximum atomic E-state index is 6.65. The lowest BCUT2D eigenvalue weighted by Crippen LogP contribution is -2.31. The first-order valence-electron chi connectivity index (χ1n) is 9.68. The SMILES string of the molecule is COc1ccc(CN2CC(Cc3ccccc3Cl)N=C(Cl)c3cc(Cl)ccc32)cc1. The average Bonchev–Trinajstić information content (AvgIpc) is 2.87. The summed E-state index contributed by atoms with van der Waals surface area (Å²) in [4.78, 5) is 7.12. The molecule has 0 aromatic heterocycles. The van der Waals surface area contributed by atoms with Crippen molar-refractivity contribution >= 4 is 45.7 Å². The lowest BCUT2D eigenvalue weighted by molar-refractivity contribution is 0.414. The topological polar surface area (TPSA) is 24.8 Å². The van der Waals surface area contributed by atoms with Crippen LogP contribution in [0.2, 0.25) is 10.0 Å². The zero-order valence-electron chi connectivity index (χ0n) is 16.5. The number of benzodiazepines with no additional fused rings is 1. The molecule has 3 aromatic carbocycles. The Hall–Kier alpha value is -2.20. The fourth-order valence-corrected chi connectivity index (χ4v) is 4.38. The normalized spacial score (nSPS) is 15.9. The quantitative estimate of drug-likeness (QED) is 0.428. The number of hydrogen-bond acceptors (Lipinski definition) is 3. The summed E-state index contributed by atoms with van der Waals surface area (Å²) in [6, 6.07) is 21.7. The minimum Gasteiger partial charge on any atom is -0.497 e. The largest absolute Gasteiger partial charge is 0.497 e. The lowest BCUT2D eigenvalue weighted by atomic mass is 10.1. The molecule has 0 aliphatic carbocycles. The lowest BCUT2D eigenvalue weighted by Gasteiger charge is -2.27. The average molecular weight is 460 g/mol. The highest BCUT2D eigenvalue weighted by Gasteiger charge is 2.24. The van der Waals surface area contributed by atoms with Gasteiger partial charge >= 0.3 is 0 Å². The molecule has 1 aliphatic rings. The molecule has 0 bridgehead atoms. The molecule has 0 spiro atoms. The van der Waals surface area contributed by atoms with Crippen LogP contribution in [-0.4, -0.2) is 24.9 Å². The van der Waals surface area contributed by atoms with Gasteiger partial charge in [-0.1, -0.05) is 65.1 Å². The number of aliphatic imine (C=N–C) groups is 1. The summed E-state index contributed by atoms with van der Waals surface area (Å²) in [5.74, 6) is 0.838. The number of methoxy groups -OCH3 is 1. The molecule has 154 valence electrons. The minimum atomic E-state index is -0.0400. The number of ether oxygens (including phenoxy) is 1. The highest BCUT2D eigenvalue weighted by molar-refractivity contribution is 6.70. The van der Waals surface area contributed by atoms with Crippen molar-refractivity contribution in [2.75, 3.05) is 18.6 Å². The van der Waals surface area contributed by atoms with Crippen LogP contribution >= 0.6 is 34.8 Å². The van der Waals surface area contributed by atoms with E-state index in [1.165, 1.54) is 5.56 Å². The van der Waals surface area contributed by atoms with Gasteiger partial charge in [0.1, 0.15) is 10.9 Å². The molecule has 1 heterocycles. The smallest absolute Gasteiger partial charge is 0.133 e. The number of fused-ring (bicyclic) bond motifs is 1. The van der Waals surface area contributed by atoms with E-state index >= 15 is 0 Å². The van der Waals surface area contributed by atoms with Gasteiger partial charge in [0.15, 0.2) is 0 Å². The Morgan fingerprint density at radius 1 is 1.00 bits per heavy atom. The monoisotopic (exact) mass is 458 g/mol. The van der Waals surface area contributed by atoms with E-state index in [1.807, 2.05) is 54.6 Å². The highest BCUT2D eigenvalue weighted by Crippen LogP contribution is 2.32. The number of halogens is 3. The van der Waals surface area contributed by atoms with Gasteiger partial charge < -0.3 is 9.64 Å². The molecule has 1 atom stereocenters. The predicted molar refractivity (Wildman–Crippen MR) is 127 cm³/mol. The zero-order chi connectivity index (χ0) is 21.1. The molecular weight excluding hydrogens is 439 g/mol. The van der Waals surface area contributed by atoms with Crippen LogP contribution in [0, 0.1) is 0 Å². The summed E-state index contributed by atoms with van der Waals surface area (Å²) in [5.41, 5.74) is 4.10. The van der Waals surface area contributed by atoms with Crippen LogP contribution in [0.25, 0.3) is 0 Å². The van der Waals surface area contributed by atoms with Crippen LogP contribution in [0.1, 0.15) is 16.7 Å². The van der Waals surface area contributed by atoms with Gasteiger partial charge in [0.2, 0.25) is 0 Å². The van der Waals surface area contributed by atoms with Crippen molar-refractivity contribution < 1.29 is 4.74 Å². The van der Waals surface area contributed by atoms with Crippen molar-refractivity contribution in [3.8, 4) is 5.75 Å². The van der Waals surface area contributed by atoms with Crippen molar-refractivity contribution in [1.29, 1.82) is 0 Å². The molecule has 6 heteroatoms. The summed E-state index contributed by atoms with van der Waals surface area (Å²) in [7, 11) is 1.67. The van der Waals surface area contributed by atoms with E-state index in [0.717, 1.165) is 34.1 Å². The molecule has 0 amide bonds. The van der Waals surface area contributed by atoms with E-state index in [4.69, 9.17) is 44.5 Å². The predicted octanol–water partition coefficient (Wildman–Crippen LogP) is 6.62. The van der Waals surface area contributed by atoms with E-state index in [1.54, 1.807) is 7.11 Å². The third kappa shape index (κ3) is 4.75. The van der Waals surface area contributed by atoms with Crippen molar-refractivity contribution in [3.63, 3.8) is 0 Å². The Morgan fingerprint density at radius 3 is 2.50 bits per heavy atom. The van der Waals surface area contributed by atoms with Crippen molar-refractivity contribution in [3.05, 3.63) is 93.5 Å². The second-order valence-electron chi connectivity index (χ2n) is 7.26. The van der Waals surface area contributed by atoms with Gasteiger partial charge in [-0.2, -0.15) is 0 Å². The van der Waals surface area contributed by atoms with Gasteiger partial charge in [-0.15, -0.1) is 0 Å². The molecule has 0 saturated heterocycles. The second-order valence-corrected chi connectivity index (χ2v) is 8.46. The van der Waals surface area contributed by atoms with E-state index in [0.29, 0.717) is 23.2 Å². The second kappa shape index (κ2) is 9.30. The Labute approximate surface area is 191 Å². The molecular formula is C24H21Cl3N2O. The van der Waals surface area contributed by atoms with Gasteiger partial charge in [-0.3, -0.25) is 4.99 Å². The molecule has 0 fully saturated rings. The Balaban J connectivity index is 1.67. The summed E-state index contributed by atoms with van der Waals surface area (Å²) >= 11 is 19.3. The molecule has 4 rings (SSSR count). The standard InChI is InChI=1S/C24H21Cl3N2O/c1-30-20-9-6-16(7-10-20)14-29-15-19(12-17-4-2-3-5-22(17)26)28-24(27)21-13-18(25)8-11-23(21)29/h2-11,13,19H,12,14-15H2,1H3. The van der Waals surface area contributed by atoms with Crippen LogP contribution in [-0.2, 0) is 13.0 Å². The van der Waals surface area contributed by atoms with Gasteiger partial charge in [-0.05, 0) is 53.9 Å². The third-order valence-electron chi connectivity index (χ3n) is 5.19. The highest BCUT2D eigenvalue weighted by atomic mass is 35.5. The van der Waals surface area contributed by atoms with Gasteiger partial charge in [0.05, 0.1) is 13.2 Å². The van der Waals surface area contributed by atoms with E-state index in [2.05, 4.69) is 17.0 Å². The molecule has 1 unspecified atom stereocenters. The number of hydrogen-bond donors (Lipinski definition) is 0. The maximum absolute atomic E-state index is 6.65. The fraction of sp³-hybridized carbons (Fsp3) is 0.208. The molecule has 30 heavy (non-hydrogen) atoms. The van der Waals surface area contributed by atoms with Crippen LogP contribution in [0.15, 0.2) is 71.7 Å². The van der Waals surface area contributed by atoms with Crippen molar-refractivity contribution in [2.45, 2.75) is 19.0 Å².